The number of aromatic nitrogens is 1. The summed E-state index contributed by atoms with van der Waals surface area (Å²) in [4.78, 5) is 26.8. The Morgan fingerprint density at radius 3 is 2.90 bits per heavy atom. The van der Waals surface area contributed by atoms with Crippen LogP contribution in [0.25, 0.3) is 0 Å². The fourth-order valence-corrected chi connectivity index (χ4v) is 4.16. The van der Waals surface area contributed by atoms with Crippen LogP contribution in [0.4, 0.5) is 4.79 Å². The van der Waals surface area contributed by atoms with E-state index >= 15 is 0 Å². The minimum absolute atomic E-state index is 0.0160. The SMILES string of the molecule is CSC1CCCC1NC(=O)NC(C)c1nc(C(=O)O)cs1. The zero-order valence-corrected chi connectivity index (χ0v) is 13.6. The molecule has 1 fully saturated rings. The summed E-state index contributed by atoms with van der Waals surface area (Å²) in [6.07, 6.45) is 5.35. The molecule has 2 amide bonds. The van der Waals surface area contributed by atoms with Crippen LogP contribution < -0.4 is 10.6 Å². The van der Waals surface area contributed by atoms with Crippen molar-refractivity contribution < 1.29 is 14.7 Å². The smallest absolute Gasteiger partial charge is 0.355 e. The Bertz CT molecular complexity index is 521. The number of rotatable bonds is 5. The third-order valence-corrected chi connectivity index (χ3v) is 5.73. The molecule has 6 nitrogen and oxygen atoms in total. The molecule has 1 saturated carbocycles. The van der Waals surface area contributed by atoms with Gasteiger partial charge in [-0.1, -0.05) is 6.42 Å². The van der Waals surface area contributed by atoms with Crippen LogP contribution in [0.3, 0.4) is 0 Å². The maximum Gasteiger partial charge on any atom is 0.355 e. The van der Waals surface area contributed by atoms with E-state index in [1.807, 2.05) is 0 Å². The topological polar surface area (TPSA) is 91.3 Å². The standard InChI is InChI=1S/C13H19N3O3S2/c1-7(11-15-9(6-21-11)12(17)18)14-13(19)16-8-4-3-5-10(8)20-2/h6-8,10H,3-5H2,1-2H3,(H,17,18)(H2,14,16,19). The number of amides is 2. The van der Waals surface area contributed by atoms with Crippen molar-refractivity contribution >= 4 is 35.1 Å². The van der Waals surface area contributed by atoms with Crippen LogP contribution in [0.5, 0.6) is 0 Å². The molecule has 1 aliphatic rings. The number of nitrogens with zero attached hydrogens (tertiary/aromatic N) is 1. The van der Waals surface area contributed by atoms with Gasteiger partial charge in [-0.25, -0.2) is 14.6 Å². The molecule has 1 aromatic rings. The highest BCUT2D eigenvalue weighted by Gasteiger charge is 2.28. The Hall–Kier alpha value is -1.28. The van der Waals surface area contributed by atoms with Crippen molar-refractivity contribution in [3.8, 4) is 0 Å². The highest BCUT2D eigenvalue weighted by molar-refractivity contribution is 7.99. The van der Waals surface area contributed by atoms with E-state index in [2.05, 4.69) is 21.9 Å². The summed E-state index contributed by atoms with van der Waals surface area (Å²) >= 11 is 3.02. The van der Waals surface area contributed by atoms with Crippen LogP contribution in [0.1, 0.15) is 47.7 Å². The van der Waals surface area contributed by atoms with Gasteiger partial charge in [0.2, 0.25) is 0 Å². The Labute approximate surface area is 131 Å². The molecule has 3 atom stereocenters. The highest BCUT2D eigenvalue weighted by Crippen LogP contribution is 2.28. The van der Waals surface area contributed by atoms with Gasteiger partial charge in [-0.05, 0) is 26.0 Å². The number of carbonyl (C=O) groups excluding carboxylic acids is 1. The summed E-state index contributed by atoms with van der Waals surface area (Å²) in [5.41, 5.74) is 0.0160. The second-order valence-corrected chi connectivity index (χ2v) is 6.99. The molecule has 0 bridgehead atoms. The third kappa shape index (κ3) is 4.10. The normalized spacial score (nSPS) is 22.8. The van der Waals surface area contributed by atoms with Crippen molar-refractivity contribution in [1.82, 2.24) is 15.6 Å². The fraction of sp³-hybridized carbons (Fsp3) is 0.615. The van der Waals surface area contributed by atoms with Crippen molar-refractivity contribution in [2.24, 2.45) is 0 Å². The fourth-order valence-electron chi connectivity index (χ4n) is 2.43. The summed E-state index contributed by atoms with van der Waals surface area (Å²) in [6, 6.07) is -0.323. The lowest BCUT2D eigenvalue weighted by Gasteiger charge is -2.20. The molecule has 2 rings (SSSR count). The van der Waals surface area contributed by atoms with Crippen molar-refractivity contribution in [3.63, 3.8) is 0 Å². The van der Waals surface area contributed by atoms with Gasteiger partial charge >= 0.3 is 12.0 Å². The van der Waals surface area contributed by atoms with E-state index in [0.29, 0.717) is 10.3 Å². The molecular weight excluding hydrogens is 310 g/mol. The summed E-state index contributed by atoms with van der Waals surface area (Å²) in [5.74, 6) is -1.05. The number of aromatic carboxylic acids is 1. The molecule has 1 aliphatic carbocycles. The van der Waals surface area contributed by atoms with Gasteiger partial charge in [0, 0.05) is 16.7 Å². The number of carboxylic acid groups (broad SMARTS) is 1. The predicted octanol–water partition coefficient (Wildman–Crippen LogP) is 2.49. The first-order valence-corrected chi connectivity index (χ1v) is 8.96. The molecule has 0 saturated heterocycles. The minimum atomic E-state index is -1.05. The molecule has 0 radical (unpaired) electrons. The van der Waals surface area contributed by atoms with Gasteiger partial charge < -0.3 is 15.7 Å². The van der Waals surface area contributed by atoms with Crippen LogP contribution in [-0.2, 0) is 0 Å². The minimum Gasteiger partial charge on any atom is -0.476 e. The van der Waals surface area contributed by atoms with E-state index in [0.717, 1.165) is 19.3 Å². The van der Waals surface area contributed by atoms with E-state index in [1.54, 1.807) is 18.7 Å². The summed E-state index contributed by atoms with van der Waals surface area (Å²) in [5, 5.41) is 17.2. The number of thioether (sulfide) groups is 1. The maximum absolute atomic E-state index is 12.0. The average Bonchev–Trinajstić information content (AvgIpc) is 3.06. The van der Waals surface area contributed by atoms with Crippen LogP contribution in [0.15, 0.2) is 5.38 Å². The van der Waals surface area contributed by atoms with Crippen LogP contribution in [0.2, 0.25) is 0 Å². The first-order chi connectivity index (χ1) is 10.0. The summed E-state index contributed by atoms with van der Waals surface area (Å²) in [7, 11) is 0. The van der Waals surface area contributed by atoms with Gasteiger partial charge in [0.1, 0.15) is 5.01 Å². The second kappa shape index (κ2) is 7.13. The Morgan fingerprint density at radius 2 is 2.29 bits per heavy atom. The molecule has 3 unspecified atom stereocenters. The monoisotopic (exact) mass is 329 g/mol. The number of urea groups is 1. The third-order valence-electron chi connectivity index (χ3n) is 3.53. The van der Waals surface area contributed by atoms with Gasteiger partial charge in [0.15, 0.2) is 5.69 Å². The molecule has 0 aromatic carbocycles. The Kier molecular flexibility index (Phi) is 5.46. The molecule has 3 N–H and O–H groups in total. The number of carboxylic acids is 1. The van der Waals surface area contributed by atoms with Gasteiger partial charge in [-0.15, -0.1) is 11.3 Å². The molecular formula is C13H19N3O3S2. The quantitative estimate of drug-likeness (QED) is 0.772. The van der Waals surface area contributed by atoms with Gasteiger partial charge in [0.05, 0.1) is 6.04 Å². The predicted molar refractivity (Wildman–Crippen MR) is 84.1 cm³/mol. The van der Waals surface area contributed by atoms with Crippen LogP contribution >= 0.6 is 23.1 Å². The molecule has 0 aliphatic heterocycles. The van der Waals surface area contributed by atoms with Crippen molar-refractivity contribution in [3.05, 3.63) is 16.1 Å². The Morgan fingerprint density at radius 1 is 1.52 bits per heavy atom. The molecule has 1 heterocycles. The number of carbonyl (C=O) groups is 2. The van der Waals surface area contributed by atoms with E-state index in [-0.39, 0.29) is 23.8 Å². The number of thiazole rings is 1. The number of hydrogen-bond acceptors (Lipinski definition) is 5. The first kappa shape index (κ1) is 16.1. The lowest BCUT2D eigenvalue weighted by molar-refractivity contribution is 0.0691. The lowest BCUT2D eigenvalue weighted by atomic mass is 10.2. The van der Waals surface area contributed by atoms with E-state index in [9.17, 15) is 9.59 Å². The van der Waals surface area contributed by atoms with Gasteiger partial charge in [-0.3, -0.25) is 0 Å². The zero-order valence-electron chi connectivity index (χ0n) is 12.0. The molecule has 116 valence electrons. The van der Waals surface area contributed by atoms with Crippen molar-refractivity contribution in [2.75, 3.05) is 6.26 Å². The second-order valence-electron chi connectivity index (χ2n) is 5.03. The van der Waals surface area contributed by atoms with Crippen LogP contribution in [-0.4, -0.2) is 39.6 Å². The molecule has 1 aromatic heterocycles. The zero-order chi connectivity index (χ0) is 15.4. The molecule has 21 heavy (non-hydrogen) atoms. The first-order valence-electron chi connectivity index (χ1n) is 6.79. The average molecular weight is 329 g/mol. The maximum atomic E-state index is 12.0. The number of hydrogen-bond donors (Lipinski definition) is 3. The highest BCUT2D eigenvalue weighted by atomic mass is 32.2. The summed E-state index contributed by atoms with van der Waals surface area (Å²) in [6.45, 7) is 1.80. The Balaban J connectivity index is 1.88. The van der Waals surface area contributed by atoms with Gasteiger partial charge in [0.25, 0.3) is 0 Å². The lowest BCUT2D eigenvalue weighted by Crippen LogP contribution is -2.45. The summed E-state index contributed by atoms with van der Waals surface area (Å²) < 4.78 is 0. The molecule has 0 spiro atoms. The van der Waals surface area contributed by atoms with Crippen LogP contribution in [0, 0.1) is 0 Å². The largest absolute Gasteiger partial charge is 0.476 e. The van der Waals surface area contributed by atoms with Crippen molar-refractivity contribution in [1.29, 1.82) is 0 Å². The van der Waals surface area contributed by atoms with Crippen molar-refractivity contribution in [2.45, 2.75) is 43.5 Å². The molecule has 8 heteroatoms. The van der Waals surface area contributed by atoms with E-state index in [4.69, 9.17) is 5.11 Å². The van der Waals surface area contributed by atoms with E-state index in [1.165, 1.54) is 16.7 Å². The van der Waals surface area contributed by atoms with E-state index < -0.39 is 5.97 Å². The number of nitrogens with one attached hydrogen (secondary N) is 2. The van der Waals surface area contributed by atoms with Gasteiger partial charge in [-0.2, -0.15) is 11.8 Å².